The smallest absolute Gasteiger partial charge is 0.269 e. The molecule has 0 aromatic heterocycles. The standard InChI is InChI=1S/C18H24N2O3S/c1-14(16-8-5-9-17(12-16)20(22)23)24-13-18(21)19-11-10-15-6-3-2-4-7-15/h5-6,8-9,12,14H,2-4,7,10-11,13H2,1H3,(H,19,21)/t14-/m1/s1. The average molecular weight is 348 g/mol. The van der Waals surface area contributed by atoms with Gasteiger partial charge < -0.3 is 5.32 Å². The molecule has 1 aliphatic rings. The van der Waals surface area contributed by atoms with Gasteiger partial charge in [0.15, 0.2) is 0 Å². The predicted octanol–water partition coefficient (Wildman–Crippen LogP) is 4.40. The Kier molecular flexibility index (Phi) is 7.31. The minimum Gasteiger partial charge on any atom is -0.355 e. The first kappa shape index (κ1) is 18.5. The van der Waals surface area contributed by atoms with Gasteiger partial charge in [-0.1, -0.05) is 23.8 Å². The Morgan fingerprint density at radius 1 is 1.42 bits per heavy atom. The van der Waals surface area contributed by atoms with Crippen LogP contribution in [0, 0.1) is 10.1 Å². The molecule has 0 aliphatic heterocycles. The van der Waals surface area contributed by atoms with Gasteiger partial charge in [-0.2, -0.15) is 0 Å². The van der Waals surface area contributed by atoms with Crippen LogP contribution in [0.3, 0.4) is 0 Å². The van der Waals surface area contributed by atoms with Gasteiger partial charge >= 0.3 is 0 Å². The number of nitrogens with one attached hydrogen (secondary N) is 1. The summed E-state index contributed by atoms with van der Waals surface area (Å²) >= 11 is 1.49. The molecule has 0 bridgehead atoms. The van der Waals surface area contributed by atoms with Crippen molar-refractivity contribution >= 4 is 23.4 Å². The molecule has 0 saturated carbocycles. The fraction of sp³-hybridized carbons (Fsp3) is 0.500. The SMILES string of the molecule is C[C@@H](SCC(=O)NCCC1=CCCCC1)c1cccc([N+](=O)[O-])c1. The third-order valence-electron chi connectivity index (χ3n) is 4.17. The maximum absolute atomic E-state index is 11.9. The number of nitrogens with zero attached hydrogens (tertiary/aromatic N) is 1. The highest BCUT2D eigenvalue weighted by Gasteiger charge is 2.13. The molecule has 24 heavy (non-hydrogen) atoms. The molecule has 0 fully saturated rings. The Morgan fingerprint density at radius 2 is 2.25 bits per heavy atom. The second kappa shape index (κ2) is 9.47. The Balaban J connectivity index is 1.71. The van der Waals surface area contributed by atoms with Gasteiger partial charge in [0.1, 0.15) is 0 Å². The first-order valence-corrected chi connectivity index (χ1v) is 9.41. The van der Waals surface area contributed by atoms with Crippen molar-refractivity contribution in [3.63, 3.8) is 0 Å². The van der Waals surface area contributed by atoms with Crippen molar-refractivity contribution in [3.05, 3.63) is 51.6 Å². The normalized spacial score (nSPS) is 15.5. The van der Waals surface area contributed by atoms with Gasteiger partial charge in [-0.25, -0.2) is 0 Å². The quantitative estimate of drug-likeness (QED) is 0.429. The molecule has 1 atom stereocenters. The molecule has 0 saturated heterocycles. The van der Waals surface area contributed by atoms with Crippen LogP contribution in [0.5, 0.6) is 0 Å². The fourth-order valence-corrected chi connectivity index (χ4v) is 3.58. The van der Waals surface area contributed by atoms with E-state index in [0.717, 1.165) is 18.4 Å². The number of hydrogen-bond acceptors (Lipinski definition) is 4. The van der Waals surface area contributed by atoms with Gasteiger partial charge in [-0.15, -0.1) is 11.8 Å². The highest BCUT2D eigenvalue weighted by Crippen LogP contribution is 2.30. The molecule has 1 amide bonds. The van der Waals surface area contributed by atoms with E-state index in [1.165, 1.54) is 42.7 Å². The molecule has 0 unspecified atom stereocenters. The number of benzene rings is 1. The fourth-order valence-electron chi connectivity index (χ4n) is 2.73. The first-order chi connectivity index (χ1) is 11.6. The summed E-state index contributed by atoms with van der Waals surface area (Å²) in [5, 5.41) is 13.8. The molecule has 1 aliphatic carbocycles. The molecule has 5 nitrogen and oxygen atoms in total. The molecule has 1 N–H and O–H groups in total. The van der Waals surface area contributed by atoms with E-state index in [-0.39, 0.29) is 16.8 Å². The lowest BCUT2D eigenvalue weighted by atomic mass is 9.97. The van der Waals surface area contributed by atoms with Crippen LogP contribution < -0.4 is 5.32 Å². The third-order valence-corrected chi connectivity index (χ3v) is 5.37. The van der Waals surface area contributed by atoms with Gasteiger partial charge in [0.2, 0.25) is 5.91 Å². The molecule has 1 aromatic carbocycles. The van der Waals surface area contributed by atoms with Crippen LogP contribution in [0.2, 0.25) is 0 Å². The van der Waals surface area contributed by atoms with Crippen molar-refractivity contribution < 1.29 is 9.72 Å². The summed E-state index contributed by atoms with van der Waals surface area (Å²) < 4.78 is 0. The number of non-ortho nitro benzene ring substituents is 1. The number of hydrogen-bond donors (Lipinski definition) is 1. The third kappa shape index (κ3) is 6.00. The lowest BCUT2D eigenvalue weighted by Gasteiger charge is -2.14. The van der Waals surface area contributed by atoms with Gasteiger partial charge in [0, 0.05) is 23.9 Å². The van der Waals surface area contributed by atoms with E-state index in [0.29, 0.717) is 12.3 Å². The second-order valence-corrected chi connectivity index (χ2v) is 7.34. The van der Waals surface area contributed by atoms with Crippen LogP contribution >= 0.6 is 11.8 Å². The van der Waals surface area contributed by atoms with E-state index >= 15 is 0 Å². The van der Waals surface area contributed by atoms with Gasteiger partial charge in [-0.3, -0.25) is 14.9 Å². The summed E-state index contributed by atoms with van der Waals surface area (Å²) in [6.07, 6.45) is 8.11. The number of rotatable bonds is 8. The molecular formula is C18H24N2O3S. The van der Waals surface area contributed by atoms with Gasteiger partial charge in [0.25, 0.3) is 5.69 Å². The van der Waals surface area contributed by atoms with Crippen molar-refractivity contribution in [2.75, 3.05) is 12.3 Å². The minimum atomic E-state index is -0.395. The molecule has 0 spiro atoms. The Labute approximate surface area is 147 Å². The maximum Gasteiger partial charge on any atom is 0.269 e. The number of carbonyl (C=O) groups is 1. The second-order valence-electron chi connectivity index (χ2n) is 6.01. The van der Waals surface area contributed by atoms with Crippen molar-refractivity contribution in [3.8, 4) is 0 Å². The lowest BCUT2D eigenvalue weighted by Crippen LogP contribution is -2.26. The van der Waals surface area contributed by atoms with Crippen LogP contribution in [0.4, 0.5) is 5.69 Å². The van der Waals surface area contributed by atoms with E-state index in [1.807, 2.05) is 13.0 Å². The maximum atomic E-state index is 11.9. The average Bonchev–Trinajstić information content (AvgIpc) is 2.60. The van der Waals surface area contributed by atoms with E-state index in [2.05, 4.69) is 11.4 Å². The van der Waals surface area contributed by atoms with E-state index in [1.54, 1.807) is 12.1 Å². The zero-order valence-electron chi connectivity index (χ0n) is 14.0. The monoisotopic (exact) mass is 348 g/mol. The van der Waals surface area contributed by atoms with Crippen LogP contribution in [-0.4, -0.2) is 23.1 Å². The Bertz CT molecular complexity index is 616. The van der Waals surface area contributed by atoms with Crippen molar-refractivity contribution in [2.45, 2.75) is 44.3 Å². The van der Waals surface area contributed by atoms with Crippen LogP contribution in [0.25, 0.3) is 0 Å². The number of nitro benzene ring substituents is 1. The highest BCUT2D eigenvalue weighted by molar-refractivity contribution is 8.00. The molecule has 0 radical (unpaired) electrons. The highest BCUT2D eigenvalue weighted by atomic mass is 32.2. The van der Waals surface area contributed by atoms with Crippen LogP contribution in [0.1, 0.15) is 49.8 Å². The van der Waals surface area contributed by atoms with E-state index in [9.17, 15) is 14.9 Å². The summed E-state index contributed by atoms with van der Waals surface area (Å²) in [6, 6.07) is 6.60. The molecular weight excluding hydrogens is 324 g/mol. The Morgan fingerprint density at radius 3 is 2.96 bits per heavy atom. The van der Waals surface area contributed by atoms with Crippen molar-refractivity contribution in [1.29, 1.82) is 0 Å². The summed E-state index contributed by atoms with van der Waals surface area (Å²) in [6.45, 7) is 2.65. The topological polar surface area (TPSA) is 72.2 Å². The molecule has 6 heteroatoms. The number of allylic oxidation sites excluding steroid dienone is 1. The predicted molar refractivity (Wildman–Crippen MR) is 98.1 cm³/mol. The molecule has 130 valence electrons. The Hall–Kier alpha value is -1.82. The van der Waals surface area contributed by atoms with E-state index < -0.39 is 4.92 Å². The van der Waals surface area contributed by atoms with Crippen molar-refractivity contribution in [2.24, 2.45) is 0 Å². The summed E-state index contributed by atoms with van der Waals surface area (Å²) in [5.41, 5.74) is 2.42. The van der Waals surface area contributed by atoms with Crippen molar-refractivity contribution in [1.82, 2.24) is 5.32 Å². The summed E-state index contributed by atoms with van der Waals surface area (Å²) in [7, 11) is 0. The van der Waals surface area contributed by atoms with Crippen LogP contribution in [0.15, 0.2) is 35.9 Å². The molecule has 1 aromatic rings. The molecule has 2 rings (SSSR count). The zero-order valence-corrected chi connectivity index (χ0v) is 14.8. The summed E-state index contributed by atoms with van der Waals surface area (Å²) in [4.78, 5) is 22.4. The summed E-state index contributed by atoms with van der Waals surface area (Å²) in [5.74, 6) is 0.386. The first-order valence-electron chi connectivity index (χ1n) is 8.37. The lowest BCUT2D eigenvalue weighted by molar-refractivity contribution is -0.384. The van der Waals surface area contributed by atoms with Gasteiger partial charge in [-0.05, 0) is 44.6 Å². The number of carbonyl (C=O) groups excluding carboxylic acids is 1. The largest absolute Gasteiger partial charge is 0.355 e. The zero-order chi connectivity index (χ0) is 17.4. The number of amides is 1. The number of nitro groups is 1. The number of thioether (sulfide) groups is 1. The van der Waals surface area contributed by atoms with E-state index in [4.69, 9.17) is 0 Å². The van der Waals surface area contributed by atoms with Gasteiger partial charge in [0.05, 0.1) is 10.7 Å². The minimum absolute atomic E-state index is 0.0219. The van der Waals surface area contributed by atoms with Crippen LogP contribution in [-0.2, 0) is 4.79 Å². The molecule has 0 heterocycles.